The number of hydrogen-bond donors (Lipinski definition) is 1. The Bertz CT molecular complexity index is 546. The molecule has 0 aliphatic heterocycles. The summed E-state index contributed by atoms with van der Waals surface area (Å²) in [5.74, 6) is 0.560. The van der Waals surface area contributed by atoms with Gasteiger partial charge in [0.1, 0.15) is 0 Å². The van der Waals surface area contributed by atoms with Crippen LogP contribution in [0.1, 0.15) is 40.7 Å². The van der Waals surface area contributed by atoms with Crippen molar-refractivity contribution in [3.05, 3.63) is 53.2 Å². The number of nitrogens with zero attached hydrogens (tertiary/aromatic N) is 1. The zero-order valence-corrected chi connectivity index (χ0v) is 10.7. The fourth-order valence-corrected chi connectivity index (χ4v) is 1.83. The van der Waals surface area contributed by atoms with Gasteiger partial charge in [-0.2, -0.15) is 0 Å². The van der Waals surface area contributed by atoms with E-state index in [0.717, 1.165) is 5.56 Å². The van der Waals surface area contributed by atoms with E-state index in [1.54, 1.807) is 13.8 Å². The molecular formula is C14H16N2O2. The van der Waals surface area contributed by atoms with E-state index in [1.165, 1.54) is 0 Å². The maximum Gasteiger partial charge on any atom is 0.289 e. The SMILES string of the molecule is Cc1nc(C)c(C(=O)NC(C)c2ccccc2)o1. The highest BCUT2D eigenvalue weighted by Crippen LogP contribution is 2.14. The molecule has 0 aliphatic carbocycles. The standard InChI is InChI=1S/C14H16N2O2/c1-9(12-7-5-4-6-8-12)16-14(17)13-10(2)15-11(3)18-13/h4-9H,1-3H3,(H,16,17). The molecule has 94 valence electrons. The molecular weight excluding hydrogens is 228 g/mol. The van der Waals surface area contributed by atoms with Crippen LogP contribution in [0.4, 0.5) is 0 Å². The summed E-state index contributed by atoms with van der Waals surface area (Å²) < 4.78 is 5.29. The Morgan fingerprint density at radius 2 is 1.94 bits per heavy atom. The van der Waals surface area contributed by atoms with E-state index in [4.69, 9.17) is 4.42 Å². The molecule has 4 nitrogen and oxygen atoms in total. The molecule has 2 aromatic rings. The number of aromatic nitrogens is 1. The molecule has 18 heavy (non-hydrogen) atoms. The molecule has 1 amide bonds. The molecule has 1 unspecified atom stereocenters. The molecule has 1 aromatic carbocycles. The number of amides is 1. The molecule has 0 saturated carbocycles. The fraction of sp³-hybridized carbons (Fsp3) is 0.286. The largest absolute Gasteiger partial charge is 0.436 e. The lowest BCUT2D eigenvalue weighted by atomic mass is 10.1. The van der Waals surface area contributed by atoms with E-state index in [1.807, 2.05) is 37.3 Å². The Balaban J connectivity index is 2.10. The second-order valence-corrected chi connectivity index (χ2v) is 4.25. The van der Waals surface area contributed by atoms with Gasteiger partial charge in [0.15, 0.2) is 5.89 Å². The highest BCUT2D eigenvalue weighted by molar-refractivity contribution is 5.92. The van der Waals surface area contributed by atoms with Gasteiger partial charge in [0, 0.05) is 6.92 Å². The minimum atomic E-state index is -0.232. The first kappa shape index (κ1) is 12.4. The Morgan fingerprint density at radius 3 is 2.50 bits per heavy atom. The summed E-state index contributed by atoms with van der Waals surface area (Å²) in [5, 5.41) is 2.89. The second-order valence-electron chi connectivity index (χ2n) is 4.25. The van der Waals surface area contributed by atoms with Crippen LogP contribution < -0.4 is 5.32 Å². The molecule has 0 bridgehead atoms. The van der Waals surface area contributed by atoms with Crippen molar-refractivity contribution >= 4 is 5.91 Å². The molecule has 0 radical (unpaired) electrons. The second kappa shape index (κ2) is 5.04. The Labute approximate surface area is 106 Å². The topological polar surface area (TPSA) is 55.1 Å². The molecule has 1 aromatic heterocycles. The predicted molar refractivity (Wildman–Crippen MR) is 68.3 cm³/mol. The van der Waals surface area contributed by atoms with Gasteiger partial charge in [-0.15, -0.1) is 0 Å². The van der Waals surface area contributed by atoms with Crippen molar-refractivity contribution in [2.75, 3.05) is 0 Å². The lowest BCUT2D eigenvalue weighted by Gasteiger charge is -2.13. The number of carbonyl (C=O) groups is 1. The minimum absolute atomic E-state index is 0.0662. The lowest BCUT2D eigenvalue weighted by molar-refractivity contribution is 0.0909. The molecule has 2 rings (SSSR count). The Hall–Kier alpha value is -2.10. The minimum Gasteiger partial charge on any atom is -0.436 e. The van der Waals surface area contributed by atoms with Crippen LogP contribution in [0.5, 0.6) is 0 Å². The van der Waals surface area contributed by atoms with Gasteiger partial charge in [0.05, 0.1) is 11.7 Å². The molecule has 0 fully saturated rings. The number of benzene rings is 1. The number of hydrogen-bond acceptors (Lipinski definition) is 3. The van der Waals surface area contributed by atoms with Gasteiger partial charge in [-0.1, -0.05) is 30.3 Å². The van der Waals surface area contributed by atoms with Crippen LogP contribution in [0.2, 0.25) is 0 Å². The van der Waals surface area contributed by atoms with Crippen LogP contribution in [-0.4, -0.2) is 10.9 Å². The van der Waals surface area contributed by atoms with Crippen molar-refractivity contribution in [2.45, 2.75) is 26.8 Å². The smallest absolute Gasteiger partial charge is 0.289 e. The van der Waals surface area contributed by atoms with E-state index in [0.29, 0.717) is 11.6 Å². The highest BCUT2D eigenvalue weighted by atomic mass is 16.4. The zero-order valence-electron chi connectivity index (χ0n) is 10.7. The van der Waals surface area contributed by atoms with Crippen molar-refractivity contribution in [2.24, 2.45) is 0 Å². The van der Waals surface area contributed by atoms with E-state index in [2.05, 4.69) is 10.3 Å². The molecule has 0 aliphatic rings. The number of carbonyl (C=O) groups excluding carboxylic acids is 1. The van der Waals surface area contributed by atoms with Crippen LogP contribution in [0, 0.1) is 13.8 Å². The Kier molecular flexibility index (Phi) is 3.46. The van der Waals surface area contributed by atoms with Gasteiger partial charge in [-0.05, 0) is 19.4 Å². The lowest BCUT2D eigenvalue weighted by Crippen LogP contribution is -2.26. The van der Waals surface area contributed by atoms with Gasteiger partial charge in [0.2, 0.25) is 5.76 Å². The first-order valence-electron chi connectivity index (χ1n) is 5.87. The van der Waals surface area contributed by atoms with Gasteiger partial charge in [-0.25, -0.2) is 4.98 Å². The average Bonchev–Trinajstić information content (AvgIpc) is 2.69. The normalized spacial score (nSPS) is 12.2. The number of oxazole rings is 1. The quantitative estimate of drug-likeness (QED) is 0.903. The van der Waals surface area contributed by atoms with Crippen LogP contribution >= 0.6 is 0 Å². The summed E-state index contributed by atoms with van der Waals surface area (Å²) in [7, 11) is 0. The van der Waals surface area contributed by atoms with E-state index in [-0.39, 0.29) is 17.7 Å². The van der Waals surface area contributed by atoms with Crippen LogP contribution in [0.25, 0.3) is 0 Å². The summed E-state index contributed by atoms with van der Waals surface area (Å²) in [6, 6.07) is 9.72. The third kappa shape index (κ3) is 2.59. The van der Waals surface area contributed by atoms with Gasteiger partial charge in [-0.3, -0.25) is 4.79 Å². The summed E-state index contributed by atoms with van der Waals surface area (Å²) in [6.45, 7) is 5.43. The highest BCUT2D eigenvalue weighted by Gasteiger charge is 2.18. The van der Waals surface area contributed by atoms with Crippen LogP contribution in [0.15, 0.2) is 34.7 Å². The maximum atomic E-state index is 12.0. The molecule has 4 heteroatoms. The van der Waals surface area contributed by atoms with E-state index >= 15 is 0 Å². The first-order valence-corrected chi connectivity index (χ1v) is 5.87. The van der Waals surface area contributed by atoms with Gasteiger partial charge < -0.3 is 9.73 Å². The van der Waals surface area contributed by atoms with E-state index in [9.17, 15) is 4.79 Å². The first-order chi connectivity index (χ1) is 8.58. The van der Waals surface area contributed by atoms with E-state index < -0.39 is 0 Å². The van der Waals surface area contributed by atoms with Crippen molar-refractivity contribution < 1.29 is 9.21 Å². The Morgan fingerprint density at radius 1 is 1.28 bits per heavy atom. The van der Waals surface area contributed by atoms with Crippen molar-refractivity contribution in [3.8, 4) is 0 Å². The predicted octanol–water partition coefficient (Wildman–Crippen LogP) is 2.78. The average molecular weight is 244 g/mol. The molecule has 0 spiro atoms. The third-order valence-corrected chi connectivity index (χ3v) is 2.76. The number of rotatable bonds is 3. The summed E-state index contributed by atoms with van der Waals surface area (Å²) in [4.78, 5) is 16.1. The zero-order chi connectivity index (χ0) is 13.1. The van der Waals surface area contributed by atoms with Gasteiger partial charge in [0.25, 0.3) is 5.91 Å². The monoisotopic (exact) mass is 244 g/mol. The fourth-order valence-electron chi connectivity index (χ4n) is 1.83. The molecule has 1 N–H and O–H groups in total. The van der Waals surface area contributed by atoms with Crippen LogP contribution in [0.3, 0.4) is 0 Å². The maximum absolute atomic E-state index is 12.0. The molecule has 1 heterocycles. The van der Waals surface area contributed by atoms with Gasteiger partial charge >= 0.3 is 0 Å². The van der Waals surface area contributed by atoms with Crippen molar-refractivity contribution in [1.82, 2.24) is 10.3 Å². The summed E-state index contributed by atoms with van der Waals surface area (Å²) in [6.07, 6.45) is 0. The number of aryl methyl sites for hydroxylation is 2. The summed E-state index contributed by atoms with van der Waals surface area (Å²) in [5.41, 5.74) is 1.67. The van der Waals surface area contributed by atoms with Crippen molar-refractivity contribution in [1.29, 1.82) is 0 Å². The number of nitrogens with one attached hydrogen (secondary N) is 1. The van der Waals surface area contributed by atoms with Crippen molar-refractivity contribution in [3.63, 3.8) is 0 Å². The molecule has 1 atom stereocenters. The third-order valence-electron chi connectivity index (χ3n) is 2.76. The summed E-state index contributed by atoms with van der Waals surface area (Å²) >= 11 is 0. The molecule has 0 saturated heterocycles. The van der Waals surface area contributed by atoms with Crippen LogP contribution in [-0.2, 0) is 0 Å².